The second-order valence-corrected chi connectivity index (χ2v) is 4.60. The number of rotatable bonds is 5. The lowest BCUT2D eigenvalue weighted by atomic mass is 10.2. The Morgan fingerprint density at radius 3 is 2.64 bits per heavy atom. The zero-order chi connectivity index (χ0) is 10.6. The van der Waals surface area contributed by atoms with E-state index in [2.05, 4.69) is 14.7 Å². The molecule has 0 aliphatic carbocycles. The first-order valence-electron chi connectivity index (χ1n) is 4.03. The minimum atomic E-state index is -3.39. The molecule has 80 valence electrons. The van der Waals surface area contributed by atoms with Crippen molar-refractivity contribution in [3.05, 3.63) is 16.4 Å². The fraction of sp³-hybridized carbons (Fsp3) is 0.667. The number of sulfonamides is 1. The number of primary sulfonamides is 1. The fourth-order valence-corrected chi connectivity index (χ4v) is 1.57. The topological polar surface area (TPSA) is 119 Å². The van der Waals surface area contributed by atoms with E-state index in [9.17, 15) is 13.2 Å². The number of hydrogen-bond donors (Lipinski definition) is 2. The molecule has 1 aromatic heterocycles. The summed E-state index contributed by atoms with van der Waals surface area (Å²) >= 11 is 0. The van der Waals surface area contributed by atoms with Gasteiger partial charge in [0.25, 0.3) is 0 Å². The van der Waals surface area contributed by atoms with E-state index in [-0.39, 0.29) is 5.75 Å². The largest absolute Gasteiger partial charge is 0.438 e. The normalized spacial score (nSPS) is 11.8. The molecule has 1 rings (SSSR count). The molecule has 0 aromatic carbocycles. The molecule has 0 fully saturated rings. The van der Waals surface area contributed by atoms with E-state index < -0.39 is 15.8 Å². The van der Waals surface area contributed by atoms with Crippen molar-refractivity contribution in [1.82, 2.24) is 10.1 Å². The number of unbranched alkanes of at least 4 members (excludes halogenated alkanes) is 1. The second kappa shape index (κ2) is 4.38. The molecule has 0 bridgehead atoms. The molecule has 0 saturated heterocycles. The first-order chi connectivity index (χ1) is 6.47. The summed E-state index contributed by atoms with van der Waals surface area (Å²) in [6.45, 7) is 0. The summed E-state index contributed by atoms with van der Waals surface area (Å²) in [6, 6.07) is 0. The van der Waals surface area contributed by atoms with Gasteiger partial charge in [-0.1, -0.05) is 5.16 Å². The van der Waals surface area contributed by atoms with Crippen molar-refractivity contribution in [3.63, 3.8) is 0 Å². The number of nitrogens with zero attached hydrogens (tertiary/aromatic N) is 1. The van der Waals surface area contributed by atoms with Gasteiger partial charge in [-0.25, -0.2) is 18.4 Å². The number of hydrogen-bond acceptors (Lipinski definition) is 5. The van der Waals surface area contributed by atoms with Crippen LogP contribution in [0, 0.1) is 0 Å². The zero-order valence-electron chi connectivity index (χ0n) is 7.39. The monoisotopic (exact) mass is 221 g/mol. The third kappa shape index (κ3) is 4.19. The van der Waals surface area contributed by atoms with Crippen molar-refractivity contribution in [2.45, 2.75) is 19.3 Å². The molecule has 0 atom stereocenters. The van der Waals surface area contributed by atoms with Crippen LogP contribution in [0.25, 0.3) is 0 Å². The Bertz CT molecular complexity index is 432. The first kappa shape index (κ1) is 10.9. The Labute approximate surface area is 80.3 Å². The zero-order valence-corrected chi connectivity index (χ0v) is 8.21. The van der Waals surface area contributed by atoms with E-state index in [1.807, 2.05) is 0 Å². The summed E-state index contributed by atoms with van der Waals surface area (Å²) in [6.07, 6.45) is 1.49. The van der Waals surface area contributed by atoms with Crippen LogP contribution < -0.4 is 10.9 Å². The van der Waals surface area contributed by atoms with Crippen LogP contribution in [0.5, 0.6) is 0 Å². The quantitative estimate of drug-likeness (QED) is 0.616. The van der Waals surface area contributed by atoms with Crippen LogP contribution in [0.1, 0.15) is 18.7 Å². The molecule has 14 heavy (non-hydrogen) atoms. The van der Waals surface area contributed by atoms with Crippen LogP contribution in [0.3, 0.4) is 0 Å². The average molecular weight is 221 g/mol. The predicted molar refractivity (Wildman–Crippen MR) is 48.0 cm³/mol. The van der Waals surface area contributed by atoms with Crippen molar-refractivity contribution in [1.29, 1.82) is 0 Å². The van der Waals surface area contributed by atoms with Crippen molar-refractivity contribution in [3.8, 4) is 0 Å². The van der Waals surface area contributed by atoms with Crippen LogP contribution >= 0.6 is 0 Å². The lowest BCUT2D eigenvalue weighted by Gasteiger charge is -1.96. The van der Waals surface area contributed by atoms with Crippen molar-refractivity contribution in [2.24, 2.45) is 5.14 Å². The summed E-state index contributed by atoms with van der Waals surface area (Å²) in [4.78, 5) is 12.8. The predicted octanol–water partition coefficient (Wildman–Crippen LogP) is -1.03. The Kier molecular flexibility index (Phi) is 3.42. The summed E-state index contributed by atoms with van der Waals surface area (Å²) in [5.74, 6) is -0.245. The molecule has 0 unspecified atom stereocenters. The van der Waals surface area contributed by atoms with Crippen LogP contribution in [0.2, 0.25) is 0 Å². The number of aromatic amines is 1. The Hall–Kier alpha value is -1.15. The highest BCUT2D eigenvalue weighted by Crippen LogP contribution is 1.98. The molecular weight excluding hydrogens is 210 g/mol. The third-order valence-corrected chi connectivity index (χ3v) is 2.44. The lowest BCUT2D eigenvalue weighted by molar-refractivity contribution is 0.380. The molecule has 0 spiro atoms. The SMILES string of the molecule is NS(=O)(=O)CCCCc1noc(=O)[nH]1. The number of nitrogens with one attached hydrogen (secondary N) is 1. The minimum absolute atomic E-state index is 0.0604. The van der Waals surface area contributed by atoms with E-state index in [1.165, 1.54) is 0 Å². The summed E-state index contributed by atoms with van der Waals surface area (Å²) in [7, 11) is -3.39. The van der Waals surface area contributed by atoms with Gasteiger partial charge in [-0.05, 0) is 12.8 Å². The number of aryl methyl sites for hydroxylation is 1. The van der Waals surface area contributed by atoms with Gasteiger partial charge in [0, 0.05) is 6.42 Å². The maximum absolute atomic E-state index is 10.5. The van der Waals surface area contributed by atoms with E-state index in [0.29, 0.717) is 25.1 Å². The average Bonchev–Trinajstić information content (AvgIpc) is 2.44. The maximum atomic E-state index is 10.5. The van der Waals surface area contributed by atoms with Gasteiger partial charge in [-0.2, -0.15) is 0 Å². The number of H-pyrrole nitrogens is 1. The third-order valence-electron chi connectivity index (χ3n) is 1.58. The van der Waals surface area contributed by atoms with Gasteiger partial charge in [-0.15, -0.1) is 0 Å². The number of nitrogens with two attached hydrogens (primary N) is 1. The molecule has 0 amide bonds. The van der Waals surface area contributed by atoms with Crippen molar-refractivity contribution >= 4 is 10.0 Å². The van der Waals surface area contributed by atoms with Crippen LogP contribution in [0.4, 0.5) is 0 Å². The molecular formula is C6H11N3O4S. The fourth-order valence-electron chi connectivity index (χ4n) is 0.964. The van der Waals surface area contributed by atoms with E-state index in [4.69, 9.17) is 5.14 Å². The highest BCUT2D eigenvalue weighted by molar-refractivity contribution is 7.89. The van der Waals surface area contributed by atoms with Gasteiger partial charge in [0.05, 0.1) is 5.75 Å². The van der Waals surface area contributed by atoms with E-state index >= 15 is 0 Å². The van der Waals surface area contributed by atoms with Gasteiger partial charge in [0.15, 0.2) is 5.82 Å². The van der Waals surface area contributed by atoms with Gasteiger partial charge < -0.3 is 0 Å². The Morgan fingerprint density at radius 2 is 2.14 bits per heavy atom. The lowest BCUT2D eigenvalue weighted by Crippen LogP contribution is -2.16. The molecule has 1 aromatic rings. The molecule has 0 saturated carbocycles. The summed E-state index contributed by atoms with van der Waals surface area (Å²) in [5, 5.41) is 8.23. The van der Waals surface area contributed by atoms with Gasteiger partial charge >= 0.3 is 5.76 Å². The summed E-state index contributed by atoms with van der Waals surface area (Å²) < 4.78 is 25.3. The van der Waals surface area contributed by atoms with Gasteiger partial charge in [0.2, 0.25) is 10.0 Å². The van der Waals surface area contributed by atoms with Crippen LogP contribution in [0.15, 0.2) is 9.32 Å². The highest BCUT2D eigenvalue weighted by atomic mass is 32.2. The van der Waals surface area contributed by atoms with Crippen LogP contribution in [-0.4, -0.2) is 24.3 Å². The van der Waals surface area contributed by atoms with Crippen molar-refractivity contribution < 1.29 is 12.9 Å². The van der Waals surface area contributed by atoms with E-state index in [0.717, 1.165) is 0 Å². The van der Waals surface area contributed by atoms with Gasteiger partial charge in [0.1, 0.15) is 0 Å². The minimum Gasteiger partial charge on any atom is -0.296 e. The standard InChI is InChI=1S/C6H11N3O4S/c7-14(11,12)4-2-1-3-5-8-6(10)13-9-5/h1-4H2,(H2,7,11,12)(H,8,9,10). The van der Waals surface area contributed by atoms with Crippen molar-refractivity contribution in [2.75, 3.05) is 5.75 Å². The smallest absolute Gasteiger partial charge is 0.296 e. The molecule has 8 heteroatoms. The maximum Gasteiger partial charge on any atom is 0.438 e. The molecule has 7 nitrogen and oxygen atoms in total. The first-order valence-corrected chi connectivity index (χ1v) is 5.74. The highest BCUT2D eigenvalue weighted by Gasteiger charge is 2.04. The molecule has 0 aliphatic heterocycles. The molecule has 3 N–H and O–H groups in total. The molecule has 0 radical (unpaired) electrons. The Morgan fingerprint density at radius 1 is 1.43 bits per heavy atom. The molecule has 0 aliphatic rings. The van der Waals surface area contributed by atoms with E-state index in [1.54, 1.807) is 0 Å². The molecule has 1 heterocycles. The van der Waals surface area contributed by atoms with Crippen LogP contribution in [-0.2, 0) is 16.4 Å². The van der Waals surface area contributed by atoms with Gasteiger partial charge in [-0.3, -0.25) is 9.51 Å². The second-order valence-electron chi connectivity index (χ2n) is 2.87. The number of aromatic nitrogens is 2. The Balaban J connectivity index is 2.26. The summed E-state index contributed by atoms with van der Waals surface area (Å²) in [5.41, 5.74) is 0.